The maximum absolute atomic E-state index is 13.5. The SMILES string of the molecule is CCCC(CC(=O)O)Nc1cccc(F)c1C(N)=O. The third-order valence-corrected chi connectivity index (χ3v) is 2.68. The molecule has 0 heterocycles. The molecule has 0 spiro atoms. The van der Waals surface area contributed by atoms with Gasteiger partial charge in [0.15, 0.2) is 0 Å². The van der Waals surface area contributed by atoms with Crippen LogP contribution in [0.3, 0.4) is 0 Å². The van der Waals surface area contributed by atoms with E-state index in [0.717, 1.165) is 12.5 Å². The van der Waals surface area contributed by atoms with Crippen molar-refractivity contribution in [2.45, 2.75) is 32.2 Å². The molecule has 0 saturated carbocycles. The summed E-state index contributed by atoms with van der Waals surface area (Å²) < 4.78 is 13.5. The molecule has 0 saturated heterocycles. The Kier molecular flexibility index (Phi) is 5.29. The number of nitrogens with two attached hydrogens (primary N) is 1. The summed E-state index contributed by atoms with van der Waals surface area (Å²) in [6.07, 6.45) is 1.26. The molecule has 0 aliphatic heterocycles. The van der Waals surface area contributed by atoms with Crippen LogP contribution in [0.25, 0.3) is 0 Å². The first-order valence-electron chi connectivity index (χ1n) is 6.02. The normalized spacial score (nSPS) is 11.9. The van der Waals surface area contributed by atoms with Gasteiger partial charge in [-0.2, -0.15) is 0 Å². The molecule has 1 unspecified atom stereocenters. The lowest BCUT2D eigenvalue weighted by molar-refractivity contribution is -0.137. The van der Waals surface area contributed by atoms with Gasteiger partial charge in [-0.1, -0.05) is 19.4 Å². The molecule has 0 fully saturated rings. The van der Waals surface area contributed by atoms with Crippen molar-refractivity contribution in [1.29, 1.82) is 0 Å². The van der Waals surface area contributed by atoms with E-state index in [1.165, 1.54) is 12.1 Å². The van der Waals surface area contributed by atoms with Gasteiger partial charge in [0, 0.05) is 6.04 Å². The number of anilines is 1. The number of carboxylic acids is 1. The van der Waals surface area contributed by atoms with E-state index < -0.39 is 17.7 Å². The summed E-state index contributed by atoms with van der Waals surface area (Å²) in [6.45, 7) is 1.91. The van der Waals surface area contributed by atoms with Gasteiger partial charge >= 0.3 is 5.97 Å². The minimum Gasteiger partial charge on any atom is -0.481 e. The van der Waals surface area contributed by atoms with Gasteiger partial charge in [0.25, 0.3) is 5.91 Å². The first-order chi connectivity index (χ1) is 8.95. The maximum Gasteiger partial charge on any atom is 0.305 e. The molecule has 0 aliphatic rings. The number of amides is 1. The zero-order valence-corrected chi connectivity index (χ0v) is 10.6. The van der Waals surface area contributed by atoms with Crippen LogP contribution in [0.5, 0.6) is 0 Å². The third-order valence-electron chi connectivity index (χ3n) is 2.68. The lowest BCUT2D eigenvalue weighted by Gasteiger charge is -2.19. The molecule has 0 aliphatic carbocycles. The second-order valence-electron chi connectivity index (χ2n) is 4.25. The van der Waals surface area contributed by atoms with Crippen LogP contribution >= 0.6 is 0 Å². The zero-order valence-electron chi connectivity index (χ0n) is 10.6. The molecule has 1 rings (SSSR count). The van der Waals surface area contributed by atoms with Crippen LogP contribution in [-0.4, -0.2) is 23.0 Å². The van der Waals surface area contributed by atoms with Crippen molar-refractivity contribution in [2.75, 3.05) is 5.32 Å². The Morgan fingerprint density at radius 1 is 1.47 bits per heavy atom. The van der Waals surface area contributed by atoms with Crippen molar-refractivity contribution < 1.29 is 19.1 Å². The number of primary amides is 1. The zero-order chi connectivity index (χ0) is 14.4. The molecule has 6 heteroatoms. The maximum atomic E-state index is 13.5. The number of carbonyl (C=O) groups is 2. The van der Waals surface area contributed by atoms with Crippen LogP contribution in [0.2, 0.25) is 0 Å². The van der Waals surface area contributed by atoms with E-state index in [0.29, 0.717) is 6.42 Å². The number of hydrogen-bond donors (Lipinski definition) is 3. The summed E-state index contributed by atoms with van der Waals surface area (Å²) in [5.41, 5.74) is 5.12. The van der Waals surface area contributed by atoms with Crippen LogP contribution in [0.15, 0.2) is 18.2 Å². The Morgan fingerprint density at radius 2 is 2.16 bits per heavy atom. The monoisotopic (exact) mass is 268 g/mol. The standard InChI is InChI=1S/C13H17FN2O3/c1-2-4-8(7-11(17)18)16-10-6-3-5-9(14)12(10)13(15)19/h3,5-6,8,16H,2,4,7H2,1H3,(H2,15,19)(H,17,18). The van der Waals surface area contributed by atoms with Gasteiger partial charge < -0.3 is 16.2 Å². The lowest BCUT2D eigenvalue weighted by atomic mass is 10.1. The number of carbonyl (C=O) groups excluding carboxylic acids is 1. The van der Waals surface area contributed by atoms with Crippen LogP contribution in [0.1, 0.15) is 36.5 Å². The van der Waals surface area contributed by atoms with Gasteiger partial charge in [0.2, 0.25) is 0 Å². The highest BCUT2D eigenvalue weighted by Crippen LogP contribution is 2.21. The summed E-state index contributed by atoms with van der Waals surface area (Å²) in [4.78, 5) is 22.0. The molecule has 19 heavy (non-hydrogen) atoms. The Labute approximate surface area is 110 Å². The Bertz CT molecular complexity index is 477. The minimum absolute atomic E-state index is 0.109. The second-order valence-corrected chi connectivity index (χ2v) is 4.25. The summed E-state index contributed by atoms with van der Waals surface area (Å²) in [7, 11) is 0. The van der Waals surface area contributed by atoms with E-state index in [9.17, 15) is 14.0 Å². The molecule has 1 atom stereocenters. The van der Waals surface area contributed by atoms with E-state index in [1.54, 1.807) is 0 Å². The fraction of sp³-hybridized carbons (Fsp3) is 0.385. The number of halogens is 1. The highest BCUT2D eigenvalue weighted by Gasteiger charge is 2.18. The number of nitrogens with one attached hydrogen (secondary N) is 1. The van der Waals surface area contributed by atoms with Crippen molar-refractivity contribution in [3.8, 4) is 0 Å². The summed E-state index contributed by atoms with van der Waals surface area (Å²) in [5.74, 6) is -2.56. The van der Waals surface area contributed by atoms with Crippen molar-refractivity contribution in [3.05, 3.63) is 29.6 Å². The first kappa shape index (κ1) is 14.9. The van der Waals surface area contributed by atoms with E-state index >= 15 is 0 Å². The van der Waals surface area contributed by atoms with Gasteiger partial charge in [-0.3, -0.25) is 9.59 Å². The number of hydrogen-bond acceptors (Lipinski definition) is 3. The van der Waals surface area contributed by atoms with Crippen molar-refractivity contribution in [3.63, 3.8) is 0 Å². The molecular formula is C13H17FN2O3. The second kappa shape index (κ2) is 6.72. The molecule has 1 aromatic carbocycles. The number of rotatable bonds is 7. The van der Waals surface area contributed by atoms with Gasteiger partial charge in [-0.25, -0.2) is 4.39 Å². The fourth-order valence-corrected chi connectivity index (χ4v) is 1.90. The average Bonchev–Trinajstić information content (AvgIpc) is 2.27. The van der Waals surface area contributed by atoms with Crippen molar-refractivity contribution in [1.82, 2.24) is 0 Å². The topological polar surface area (TPSA) is 92.4 Å². The molecular weight excluding hydrogens is 251 g/mol. The summed E-state index contributed by atoms with van der Waals surface area (Å²) in [6, 6.07) is 3.71. The quantitative estimate of drug-likeness (QED) is 0.705. The van der Waals surface area contributed by atoms with E-state index in [1.807, 2.05) is 6.92 Å². The van der Waals surface area contributed by atoms with Crippen LogP contribution in [-0.2, 0) is 4.79 Å². The van der Waals surface area contributed by atoms with E-state index in [-0.39, 0.29) is 23.7 Å². The van der Waals surface area contributed by atoms with Crippen LogP contribution in [0.4, 0.5) is 10.1 Å². The minimum atomic E-state index is -0.956. The van der Waals surface area contributed by atoms with Crippen LogP contribution in [0, 0.1) is 5.82 Å². The third kappa shape index (κ3) is 4.24. The Balaban J connectivity index is 2.98. The number of carboxylic acid groups (broad SMARTS) is 1. The summed E-state index contributed by atoms with van der Waals surface area (Å²) >= 11 is 0. The Morgan fingerprint density at radius 3 is 2.68 bits per heavy atom. The predicted octanol–water partition coefficient (Wildman–Crippen LogP) is 1.98. The van der Waals surface area contributed by atoms with Gasteiger partial charge in [0.05, 0.1) is 17.7 Å². The van der Waals surface area contributed by atoms with Crippen molar-refractivity contribution in [2.24, 2.45) is 5.73 Å². The molecule has 1 amide bonds. The largest absolute Gasteiger partial charge is 0.481 e. The molecule has 5 nitrogen and oxygen atoms in total. The first-order valence-corrected chi connectivity index (χ1v) is 6.02. The predicted molar refractivity (Wildman–Crippen MR) is 69.5 cm³/mol. The number of benzene rings is 1. The smallest absolute Gasteiger partial charge is 0.305 e. The molecule has 4 N–H and O–H groups in total. The van der Waals surface area contributed by atoms with E-state index in [2.05, 4.69) is 5.32 Å². The number of aliphatic carboxylic acids is 1. The summed E-state index contributed by atoms with van der Waals surface area (Å²) in [5, 5.41) is 11.7. The van der Waals surface area contributed by atoms with E-state index in [4.69, 9.17) is 10.8 Å². The van der Waals surface area contributed by atoms with Gasteiger partial charge in [0.1, 0.15) is 5.82 Å². The van der Waals surface area contributed by atoms with Gasteiger partial charge in [-0.15, -0.1) is 0 Å². The molecule has 1 aromatic rings. The highest BCUT2D eigenvalue weighted by molar-refractivity contribution is 5.98. The fourth-order valence-electron chi connectivity index (χ4n) is 1.90. The van der Waals surface area contributed by atoms with Crippen LogP contribution < -0.4 is 11.1 Å². The van der Waals surface area contributed by atoms with Gasteiger partial charge in [-0.05, 0) is 18.6 Å². The molecule has 0 radical (unpaired) electrons. The average molecular weight is 268 g/mol. The lowest BCUT2D eigenvalue weighted by Crippen LogP contribution is -2.25. The van der Waals surface area contributed by atoms with Crippen molar-refractivity contribution >= 4 is 17.6 Å². The molecule has 0 bridgehead atoms. The highest BCUT2D eigenvalue weighted by atomic mass is 19.1. The molecule has 104 valence electrons. The Hall–Kier alpha value is -2.11. The molecule has 0 aromatic heterocycles.